The third kappa shape index (κ3) is 5.23. The number of fused-ring (bicyclic) bond motifs is 1. The predicted molar refractivity (Wildman–Crippen MR) is 111 cm³/mol. The van der Waals surface area contributed by atoms with Crippen LogP contribution in [0.2, 0.25) is 0 Å². The minimum atomic E-state index is 0. The summed E-state index contributed by atoms with van der Waals surface area (Å²) in [6, 6.07) is 20.8. The number of anilines is 2. The van der Waals surface area contributed by atoms with Crippen molar-refractivity contribution in [2.24, 2.45) is 10.2 Å². The van der Waals surface area contributed by atoms with Gasteiger partial charge in [-0.15, -0.1) is 28.9 Å². The normalized spacial score (nSPS) is 10.2. The average molecular weight is 385 g/mol. The molecule has 4 aromatic rings. The van der Waals surface area contributed by atoms with E-state index in [9.17, 15) is 0 Å². The number of halogens is 1. The maximum Gasteiger partial charge on any atom is 0.153 e. The summed E-state index contributed by atoms with van der Waals surface area (Å²) >= 11 is 1.68. The van der Waals surface area contributed by atoms with Crippen molar-refractivity contribution in [2.45, 2.75) is 0 Å². The number of nitrogens with zero attached hydrogens (tertiary/aromatic N) is 4. The van der Waals surface area contributed by atoms with E-state index >= 15 is 0 Å². The molecule has 4 rings (SSSR count). The van der Waals surface area contributed by atoms with E-state index in [0.717, 1.165) is 11.2 Å². The van der Waals surface area contributed by atoms with Crippen molar-refractivity contribution < 1.29 is 0 Å². The van der Waals surface area contributed by atoms with Gasteiger partial charge >= 0.3 is 0 Å². The van der Waals surface area contributed by atoms with Gasteiger partial charge < -0.3 is 11.5 Å². The number of aromatic nitrogens is 2. The molecule has 2 heterocycles. The first-order valence-corrected chi connectivity index (χ1v) is 8.37. The lowest BCUT2D eigenvalue weighted by molar-refractivity contribution is 1.21. The molecular weight excluding hydrogens is 368 g/mol. The molecule has 0 bridgehead atoms. The summed E-state index contributed by atoms with van der Waals surface area (Å²) in [5, 5.41) is 8.03. The zero-order valence-corrected chi connectivity index (χ0v) is 15.3. The van der Waals surface area contributed by atoms with E-state index in [-0.39, 0.29) is 18.2 Å². The molecule has 0 amide bonds. The van der Waals surface area contributed by atoms with Crippen LogP contribution in [0.4, 0.5) is 23.0 Å². The van der Waals surface area contributed by atoms with E-state index < -0.39 is 0 Å². The van der Waals surface area contributed by atoms with Crippen LogP contribution in [0.5, 0.6) is 0 Å². The van der Waals surface area contributed by atoms with Gasteiger partial charge in [0.25, 0.3) is 0 Å². The number of hydrogen-bond donors (Lipinski definition) is 2. The van der Waals surface area contributed by atoms with Gasteiger partial charge in [0.05, 0.1) is 21.4 Å². The summed E-state index contributed by atoms with van der Waals surface area (Å²) in [6.07, 6.45) is 0. The van der Waals surface area contributed by atoms with Gasteiger partial charge in [0, 0.05) is 0 Å². The van der Waals surface area contributed by atoms with Gasteiger partial charge in [0.1, 0.15) is 11.5 Å². The van der Waals surface area contributed by atoms with Crippen LogP contribution in [0, 0.1) is 0 Å². The number of nitrogen functional groups attached to an aromatic ring is 2. The summed E-state index contributed by atoms with van der Waals surface area (Å²) in [7, 11) is 0. The fraction of sp³-hybridized carbons (Fsp3) is 0. The monoisotopic (exact) mass is 384 g/mol. The maximum absolute atomic E-state index is 5.64. The molecule has 0 aliphatic heterocycles. The molecule has 0 fully saturated rings. The number of azo groups is 1. The van der Waals surface area contributed by atoms with Crippen molar-refractivity contribution in [3.8, 4) is 0 Å². The Morgan fingerprint density at radius 1 is 0.808 bits per heavy atom. The molecule has 26 heavy (non-hydrogen) atoms. The van der Waals surface area contributed by atoms with Crippen LogP contribution in [-0.2, 0) is 0 Å². The summed E-state index contributed by atoms with van der Waals surface area (Å²) in [6.45, 7) is 0. The SMILES string of the molecule is Cl.Nc1ccc(N=Nc2ccccc2)c(N)n1.c1ccc2scnc2c1. The Hall–Kier alpha value is -3.03. The van der Waals surface area contributed by atoms with Crippen molar-refractivity contribution in [1.82, 2.24) is 9.97 Å². The quantitative estimate of drug-likeness (QED) is 0.453. The fourth-order valence-corrected chi connectivity index (χ4v) is 2.66. The Kier molecular flexibility index (Phi) is 7.02. The van der Waals surface area contributed by atoms with Gasteiger partial charge in [0.2, 0.25) is 0 Å². The van der Waals surface area contributed by atoms with Crippen LogP contribution < -0.4 is 11.5 Å². The second kappa shape index (κ2) is 9.45. The average Bonchev–Trinajstić information content (AvgIpc) is 3.11. The van der Waals surface area contributed by atoms with Crippen molar-refractivity contribution in [1.29, 1.82) is 0 Å². The van der Waals surface area contributed by atoms with E-state index in [1.165, 1.54) is 4.70 Å². The summed E-state index contributed by atoms with van der Waals surface area (Å²) in [5.41, 5.74) is 15.4. The molecule has 2 aromatic heterocycles. The van der Waals surface area contributed by atoms with E-state index in [1.54, 1.807) is 23.5 Å². The van der Waals surface area contributed by atoms with E-state index in [0.29, 0.717) is 11.5 Å². The third-order valence-corrected chi connectivity index (χ3v) is 4.00. The molecule has 8 heteroatoms. The van der Waals surface area contributed by atoms with E-state index in [2.05, 4.69) is 26.3 Å². The Labute approximate surface area is 161 Å². The predicted octanol–water partition coefficient (Wildman–Crippen LogP) is 5.38. The van der Waals surface area contributed by atoms with Gasteiger partial charge in [-0.2, -0.15) is 5.11 Å². The highest BCUT2D eigenvalue weighted by atomic mass is 35.5. The lowest BCUT2D eigenvalue weighted by Gasteiger charge is -1.98. The lowest BCUT2D eigenvalue weighted by atomic mass is 10.3. The maximum atomic E-state index is 5.64. The Morgan fingerprint density at radius 2 is 1.54 bits per heavy atom. The summed E-state index contributed by atoms with van der Waals surface area (Å²) in [5.74, 6) is 0.649. The number of nitrogens with two attached hydrogens (primary N) is 2. The molecule has 0 spiro atoms. The van der Waals surface area contributed by atoms with Gasteiger partial charge in [0.15, 0.2) is 5.82 Å². The standard InChI is InChI=1S/C11H11N5.C7H5NS.ClH/c12-10-7-6-9(11(13)14-10)16-15-8-4-2-1-3-5-8;1-2-4-7-6(3-1)8-5-9-7;/h1-7H,(H4,12,13,14);1-5H;1H. The zero-order valence-electron chi connectivity index (χ0n) is 13.7. The second-order valence-corrected chi connectivity index (χ2v) is 5.88. The molecule has 6 nitrogen and oxygen atoms in total. The van der Waals surface area contributed by atoms with Crippen LogP contribution in [0.3, 0.4) is 0 Å². The first-order chi connectivity index (χ1) is 12.2. The number of benzene rings is 2. The third-order valence-electron chi connectivity index (χ3n) is 3.19. The Bertz CT molecular complexity index is 957. The molecule has 0 aliphatic rings. The topological polar surface area (TPSA) is 103 Å². The highest BCUT2D eigenvalue weighted by molar-refractivity contribution is 7.16. The minimum Gasteiger partial charge on any atom is -0.384 e. The molecule has 2 aromatic carbocycles. The molecule has 4 N–H and O–H groups in total. The van der Waals surface area contributed by atoms with Crippen LogP contribution >= 0.6 is 23.7 Å². The smallest absolute Gasteiger partial charge is 0.153 e. The van der Waals surface area contributed by atoms with Crippen LogP contribution in [-0.4, -0.2) is 9.97 Å². The Balaban J connectivity index is 0.000000206. The molecule has 132 valence electrons. The number of para-hydroxylation sites is 1. The van der Waals surface area contributed by atoms with Crippen molar-refractivity contribution in [2.75, 3.05) is 11.5 Å². The Morgan fingerprint density at radius 3 is 2.27 bits per heavy atom. The van der Waals surface area contributed by atoms with Crippen LogP contribution in [0.25, 0.3) is 10.2 Å². The minimum absolute atomic E-state index is 0. The number of thiazole rings is 1. The molecule has 0 saturated carbocycles. The first-order valence-electron chi connectivity index (χ1n) is 7.49. The van der Waals surface area contributed by atoms with Gasteiger partial charge in [-0.25, -0.2) is 9.97 Å². The van der Waals surface area contributed by atoms with Gasteiger partial charge in [-0.1, -0.05) is 30.3 Å². The number of rotatable bonds is 2. The van der Waals surface area contributed by atoms with Crippen molar-refractivity contribution >= 4 is 57.0 Å². The van der Waals surface area contributed by atoms with Crippen molar-refractivity contribution in [3.05, 3.63) is 72.2 Å². The molecule has 0 atom stereocenters. The van der Waals surface area contributed by atoms with Gasteiger partial charge in [-0.3, -0.25) is 0 Å². The van der Waals surface area contributed by atoms with E-state index in [4.69, 9.17) is 11.5 Å². The summed E-state index contributed by atoms with van der Waals surface area (Å²) < 4.78 is 1.26. The van der Waals surface area contributed by atoms with Gasteiger partial charge in [-0.05, 0) is 36.4 Å². The van der Waals surface area contributed by atoms with E-state index in [1.807, 2.05) is 54.0 Å². The second-order valence-electron chi connectivity index (χ2n) is 5.00. The number of pyridine rings is 1. The molecule has 0 radical (unpaired) electrons. The zero-order chi connectivity index (χ0) is 17.5. The van der Waals surface area contributed by atoms with Crippen LogP contribution in [0.15, 0.2) is 82.5 Å². The highest BCUT2D eigenvalue weighted by Gasteiger charge is 1.98. The fourth-order valence-electron chi connectivity index (χ4n) is 1.98. The first kappa shape index (κ1) is 19.3. The van der Waals surface area contributed by atoms with Crippen molar-refractivity contribution in [3.63, 3.8) is 0 Å². The molecule has 0 unspecified atom stereocenters. The molecule has 0 saturated heterocycles. The van der Waals surface area contributed by atoms with Crippen LogP contribution in [0.1, 0.15) is 0 Å². The lowest BCUT2D eigenvalue weighted by Crippen LogP contribution is -1.95. The summed E-state index contributed by atoms with van der Waals surface area (Å²) in [4.78, 5) is 8.02. The highest BCUT2D eigenvalue weighted by Crippen LogP contribution is 2.23. The number of hydrogen-bond acceptors (Lipinski definition) is 7. The molecule has 0 aliphatic carbocycles. The largest absolute Gasteiger partial charge is 0.384 e. The molecular formula is C18H17ClN6S.